The first-order valence-electron chi connectivity index (χ1n) is 1.41. The van der Waals surface area contributed by atoms with Crippen LogP contribution < -0.4 is 5.84 Å². The van der Waals surface area contributed by atoms with Crippen molar-refractivity contribution in [1.29, 1.82) is 0 Å². The van der Waals surface area contributed by atoms with Gasteiger partial charge in [-0.3, -0.25) is 0 Å². The molecule has 6 heteroatoms. The average Bonchev–Trinajstić information content (AvgIpc) is 1.69. The van der Waals surface area contributed by atoms with Crippen molar-refractivity contribution >= 4 is 21.0 Å². The maximum absolute atomic E-state index is 8.11. The van der Waals surface area contributed by atoms with Gasteiger partial charge in [0.2, 0.25) is 0 Å². The Kier molecular flexibility index (Phi) is 5.80. The maximum Gasteiger partial charge on any atom is 0.108 e. The molecule has 0 heterocycles. The van der Waals surface area contributed by atoms with Gasteiger partial charge in [-0.1, -0.05) is 5.22 Å². The third-order valence-electron chi connectivity index (χ3n) is 0.192. The standard InChI is InChI=1S/CH5IN4O/c3-5-6-4-2-1-7/h7H,1H2,(H2,3,6). The number of nitrogens with zero attached hydrogens (tertiary/aromatic N) is 3. The summed E-state index contributed by atoms with van der Waals surface area (Å²) in [6, 6.07) is 0. The molecular weight excluding hydrogens is 211 g/mol. The molecule has 42 valence electrons. The van der Waals surface area contributed by atoms with Crippen molar-refractivity contribution in [2.45, 2.75) is 0 Å². The van der Waals surface area contributed by atoms with Crippen LogP contribution in [0.4, 0.5) is 0 Å². The van der Waals surface area contributed by atoms with E-state index in [0.717, 1.165) is 0 Å². The fourth-order valence-corrected chi connectivity index (χ4v) is 0.452. The molecule has 0 bridgehead atoms. The molecule has 0 radical (unpaired) electrons. The predicted octanol–water partition coefficient (Wildman–Crippen LogP) is 0.331. The fraction of sp³-hybridized carbons (Fsp3) is 1.00. The highest BCUT2D eigenvalue weighted by Gasteiger charge is 1.62. The number of hydrogen-bond acceptors (Lipinski definition) is 3. The highest BCUT2D eigenvalue weighted by Crippen LogP contribution is 1.95. The van der Waals surface area contributed by atoms with E-state index in [9.17, 15) is 0 Å². The molecule has 0 fully saturated rings. The largest absolute Gasteiger partial charge is 0.385 e. The van der Waals surface area contributed by atoms with Crippen molar-refractivity contribution in [3.63, 3.8) is 0 Å². The zero-order chi connectivity index (χ0) is 5.54. The second-order valence-electron chi connectivity index (χ2n) is 0.520. The van der Waals surface area contributed by atoms with Crippen molar-refractivity contribution in [3.8, 4) is 0 Å². The SMILES string of the molecule is N/N=N/N=ICO. The fourth-order valence-electron chi connectivity index (χ4n) is 0.0673. The van der Waals surface area contributed by atoms with Crippen LogP contribution in [0.15, 0.2) is 13.7 Å². The van der Waals surface area contributed by atoms with Gasteiger partial charge in [-0.2, -0.15) is 0 Å². The van der Waals surface area contributed by atoms with Crippen LogP contribution in [-0.4, -0.2) is 9.72 Å². The molecule has 0 aromatic rings. The number of alkyl halides is 1. The lowest BCUT2D eigenvalue weighted by Crippen LogP contribution is -1.70. The molecule has 0 aliphatic rings. The molecule has 0 aliphatic heterocycles. The molecule has 0 unspecified atom stereocenters. The number of rotatable bonds is 2. The van der Waals surface area contributed by atoms with Crippen molar-refractivity contribution in [1.82, 2.24) is 0 Å². The lowest BCUT2D eigenvalue weighted by atomic mass is 11.8. The highest BCUT2D eigenvalue weighted by atomic mass is 127. The quantitative estimate of drug-likeness (QED) is 0.229. The number of hydrogen-bond donors (Lipinski definition) is 2. The van der Waals surface area contributed by atoms with E-state index < -0.39 is 21.0 Å². The van der Waals surface area contributed by atoms with Crippen LogP contribution in [0, 0.1) is 0 Å². The van der Waals surface area contributed by atoms with Gasteiger partial charge in [0.15, 0.2) is 0 Å². The van der Waals surface area contributed by atoms with Crippen LogP contribution in [-0.2, 0) is 0 Å². The van der Waals surface area contributed by atoms with E-state index in [2.05, 4.69) is 19.5 Å². The summed E-state index contributed by atoms with van der Waals surface area (Å²) in [5.41, 5.74) is 0. The molecule has 0 atom stereocenters. The number of nitrogens with two attached hydrogens (primary N) is 1. The van der Waals surface area contributed by atoms with Crippen molar-refractivity contribution in [2.24, 2.45) is 19.5 Å². The Bertz CT molecular complexity index is 79.8. The summed E-state index contributed by atoms with van der Waals surface area (Å²) in [5, 5.41) is 14.0. The topological polar surface area (TPSA) is 83.3 Å². The normalized spacial score (nSPS) is 12.7. The van der Waals surface area contributed by atoms with E-state index in [0.29, 0.717) is 0 Å². The van der Waals surface area contributed by atoms with Crippen LogP contribution in [0.5, 0.6) is 0 Å². The molecule has 3 N–H and O–H groups in total. The van der Waals surface area contributed by atoms with Gasteiger partial charge in [0.05, 0.1) is 21.0 Å². The first-order chi connectivity index (χ1) is 3.41. The minimum Gasteiger partial charge on any atom is -0.385 e. The van der Waals surface area contributed by atoms with E-state index in [1.165, 1.54) is 0 Å². The molecule has 0 aliphatic carbocycles. The minimum atomic E-state index is -0.538. The van der Waals surface area contributed by atoms with Gasteiger partial charge in [-0.05, 0) is 5.22 Å². The lowest BCUT2D eigenvalue weighted by Gasteiger charge is -1.68. The first-order valence-corrected chi connectivity index (χ1v) is 3.90. The van der Waals surface area contributed by atoms with Crippen LogP contribution in [0.3, 0.4) is 0 Å². The molecule has 0 rings (SSSR count). The third-order valence-corrected chi connectivity index (χ3v) is 0.996. The number of halogens is 1. The minimum absolute atomic E-state index is 0.0951. The molecule has 0 saturated carbocycles. The van der Waals surface area contributed by atoms with Gasteiger partial charge in [-0.25, -0.2) is 0 Å². The zero-order valence-electron chi connectivity index (χ0n) is 3.45. The van der Waals surface area contributed by atoms with Crippen molar-refractivity contribution in [3.05, 3.63) is 0 Å². The van der Waals surface area contributed by atoms with Crippen LogP contribution in [0.25, 0.3) is 0 Å². The second-order valence-corrected chi connectivity index (χ2v) is 2.32. The summed E-state index contributed by atoms with van der Waals surface area (Å²) in [7, 11) is 0. The third kappa shape index (κ3) is 5.89. The highest BCUT2D eigenvalue weighted by molar-refractivity contribution is 14.2. The summed E-state index contributed by atoms with van der Waals surface area (Å²) in [6.45, 7) is 0. The Morgan fingerprint density at radius 3 is 2.86 bits per heavy atom. The molecule has 0 aromatic carbocycles. The van der Waals surface area contributed by atoms with Gasteiger partial charge < -0.3 is 10.9 Å². The van der Waals surface area contributed by atoms with Crippen molar-refractivity contribution < 1.29 is 5.11 Å². The number of aliphatic hydroxyl groups excluding tert-OH is 1. The molecule has 0 amide bonds. The molecular formula is CH5IN4O. The monoisotopic (exact) mass is 216 g/mol. The molecule has 0 aromatic heterocycles. The molecule has 0 saturated heterocycles. The van der Waals surface area contributed by atoms with E-state index in [1.54, 1.807) is 0 Å². The smallest absolute Gasteiger partial charge is 0.108 e. The first kappa shape index (κ1) is 6.89. The van der Waals surface area contributed by atoms with Crippen LogP contribution in [0.2, 0.25) is 0 Å². The molecule has 7 heavy (non-hydrogen) atoms. The summed E-state index contributed by atoms with van der Waals surface area (Å²) in [5.74, 6) is 4.57. The Morgan fingerprint density at radius 2 is 2.43 bits per heavy atom. The second kappa shape index (κ2) is 5.89. The summed E-state index contributed by atoms with van der Waals surface area (Å²) < 4.78 is 3.50. The number of aliphatic hydroxyl groups is 1. The van der Waals surface area contributed by atoms with Gasteiger partial charge in [-0.15, -0.1) is 3.25 Å². The Hall–Kier alpha value is -0.110. The molecule has 5 nitrogen and oxygen atoms in total. The Morgan fingerprint density at radius 1 is 1.71 bits per heavy atom. The maximum atomic E-state index is 8.11. The van der Waals surface area contributed by atoms with Gasteiger partial charge in [0.25, 0.3) is 0 Å². The Balaban J connectivity index is 3.09. The van der Waals surface area contributed by atoms with Crippen LogP contribution in [0.1, 0.15) is 0 Å². The zero-order valence-corrected chi connectivity index (χ0v) is 5.61. The van der Waals surface area contributed by atoms with Gasteiger partial charge in [0.1, 0.15) is 4.61 Å². The predicted molar refractivity (Wildman–Crippen MR) is 32.6 cm³/mol. The summed E-state index contributed by atoms with van der Waals surface area (Å²) >= 11 is -0.538. The summed E-state index contributed by atoms with van der Waals surface area (Å²) in [6.07, 6.45) is 0. The molecule has 0 spiro atoms. The van der Waals surface area contributed by atoms with E-state index >= 15 is 0 Å². The van der Waals surface area contributed by atoms with Gasteiger partial charge >= 0.3 is 0 Å². The van der Waals surface area contributed by atoms with E-state index in [1.807, 2.05) is 0 Å². The van der Waals surface area contributed by atoms with E-state index in [-0.39, 0.29) is 4.61 Å². The van der Waals surface area contributed by atoms with Crippen molar-refractivity contribution in [2.75, 3.05) is 4.61 Å². The van der Waals surface area contributed by atoms with E-state index in [4.69, 9.17) is 5.11 Å². The Labute approximate surface area is 50.7 Å². The average molecular weight is 216 g/mol. The van der Waals surface area contributed by atoms with Gasteiger partial charge in [0, 0.05) is 0 Å². The summed E-state index contributed by atoms with van der Waals surface area (Å²) in [4.78, 5) is 0. The van der Waals surface area contributed by atoms with Crippen LogP contribution >= 0.6 is 21.0 Å². The lowest BCUT2D eigenvalue weighted by molar-refractivity contribution is 0.387.